The van der Waals surface area contributed by atoms with Crippen LogP contribution in [-0.4, -0.2) is 20.7 Å². The second-order valence-corrected chi connectivity index (χ2v) is 9.66. The van der Waals surface area contributed by atoms with Gasteiger partial charge in [-0.15, -0.1) is 11.3 Å². The van der Waals surface area contributed by atoms with E-state index in [1.165, 1.54) is 28.2 Å². The van der Waals surface area contributed by atoms with E-state index in [9.17, 15) is 4.79 Å². The highest BCUT2D eigenvalue weighted by Gasteiger charge is 2.26. The number of hydrogen-bond acceptors (Lipinski definition) is 5. The van der Waals surface area contributed by atoms with Crippen LogP contribution in [-0.2, 0) is 30.8 Å². The van der Waals surface area contributed by atoms with Gasteiger partial charge < -0.3 is 10.1 Å². The van der Waals surface area contributed by atoms with Crippen molar-refractivity contribution in [3.8, 4) is 5.75 Å². The number of carbonyl (C=O) groups is 1. The van der Waals surface area contributed by atoms with E-state index in [1.807, 2.05) is 61.0 Å². The van der Waals surface area contributed by atoms with Crippen LogP contribution in [0.3, 0.4) is 0 Å². The van der Waals surface area contributed by atoms with Gasteiger partial charge in [-0.3, -0.25) is 9.48 Å². The van der Waals surface area contributed by atoms with Crippen LogP contribution in [0.15, 0.2) is 66.2 Å². The molecule has 1 N–H and O–H groups in total. The van der Waals surface area contributed by atoms with Crippen LogP contribution in [0, 0.1) is 6.92 Å². The Hall–Kier alpha value is -3.45. The van der Waals surface area contributed by atoms with Crippen molar-refractivity contribution in [1.82, 2.24) is 20.1 Å². The van der Waals surface area contributed by atoms with E-state index in [0.717, 1.165) is 47.8 Å². The topological polar surface area (TPSA) is 69.0 Å². The lowest BCUT2D eigenvalue weighted by molar-refractivity contribution is -0.121. The number of nitrogens with one attached hydrogen (secondary N) is 1. The van der Waals surface area contributed by atoms with Crippen LogP contribution >= 0.6 is 11.3 Å². The minimum Gasteiger partial charge on any atom is -0.486 e. The van der Waals surface area contributed by atoms with Crippen molar-refractivity contribution in [3.05, 3.63) is 99.3 Å². The number of rotatable bonds is 8. The minimum absolute atomic E-state index is 0.00347. The van der Waals surface area contributed by atoms with Gasteiger partial charge in [0.1, 0.15) is 17.4 Å². The lowest BCUT2D eigenvalue weighted by Gasteiger charge is -2.24. The lowest BCUT2D eigenvalue weighted by atomic mass is 9.92. The summed E-state index contributed by atoms with van der Waals surface area (Å²) in [5, 5.41) is 10.7. The maximum Gasteiger partial charge on any atom is 0.226 e. The Morgan fingerprint density at radius 1 is 1.18 bits per heavy atom. The summed E-state index contributed by atoms with van der Waals surface area (Å²) in [5.41, 5.74) is 5.57. The number of aromatic nitrogens is 3. The molecule has 2 aromatic heterocycles. The molecule has 34 heavy (non-hydrogen) atoms. The van der Waals surface area contributed by atoms with Gasteiger partial charge in [-0.1, -0.05) is 48.0 Å². The summed E-state index contributed by atoms with van der Waals surface area (Å²) in [5.74, 6) is 0.811. The van der Waals surface area contributed by atoms with E-state index in [1.54, 1.807) is 0 Å². The van der Waals surface area contributed by atoms with E-state index < -0.39 is 0 Å². The van der Waals surface area contributed by atoms with Gasteiger partial charge >= 0.3 is 0 Å². The first-order chi connectivity index (χ1) is 16.6. The molecule has 5 rings (SSSR count). The highest BCUT2D eigenvalue weighted by Crippen LogP contribution is 2.30. The summed E-state index contributed by atoms with van der Waals surface area (Å²) in [7, 11) is 0. The minimum atomic E-state index is -0.00929. The molecule has 0 saturated heterocycles. The van der Waals surface area contributed by atoms with Crippen molar-refractivity contribution in [2.24, 2.45) is 0 Å². The fraction of sp³-hybridized carbons (Fsp3) is 0.296. The smallest absolute Gasteiger partial charge is 0.226 e. The van der Waals surface area contributed by atoms with Crippen molar-refractivity contribution in [3.63, 3.8) is 0 Å². The fourth-order valence-electron chi connectivity index (χ4n) is 4.35. The second-order valence-electron chi connectivity index (χ2n) is 8.71. The number of thiazole rings is 1. The molecule has 0 aliphatic heterocycles. The number of hydrogen-bond donors (Lipinski definition) is 1. The largest absolute Gasteiger partial charge is 0.486 e. The molecule has 0 radical (unpaired) electrons. The number of aryl methyl sites for hydroxylation is 1. The summed E-state index contributed by atoms with van der Waals surface area (Å²) < 4.78 is 7.88. The molecule has 1 aliphatic rings. The Morgan fingerprint density at radius 3 is 2.82 bits per heavy atom. The van der Waals surface area contributed by atoms with E-state index in [2.05, 4.69) is 32.2 Å². The van der Waals surface area contributed by atoms with Gasteiger partial charge in [0, 0.05) is 16.6 Å². The molecule has 1 atom stereocenters. The molecule has 1 amide bonds. The van der Waals surface area contributed by atoms with Crippen LogP contribution in [0.2, 0.25) is 0 Å². The molecule has 1 unspecified atom stereocenters. The van der Waals surface area contributed by atoms with Gasteiger partial charge in [-0.05, 0) is 43.9 Å². The van der Waals surface area contributed by atoms with Gasteiger partial charge in [0.15, 0.2) is 0 Å². The maximum atomic E-state index is 12.8. The fourth-order valence-corrected chi connectivity index (χ4v) is 5.05. The van der Waals surface area contributed by atoms with Gasteiger partial charge in [-0.2, -0.15) is 5.10 Å². The lowest BCUT2D eigenvalue weighted by Crippen LogP contribution is -2.32. The van der Waals surface area contributed by atoms with Crippen LogP contribution < -0.4 is 10.1 Å². The average molecular weight is 473 g/mol. The predicted molar refractivity (Wildman–Crippen MR) is 133 cm³/mol. The zero-order valence-corrected chi connectivity index (χ0v) is 20.1. The van der Waals surface area contributed by atoms with Crippen LogP contribution in [0.25, 0.3) is 0 Å². The summed E-state index contributed by atoms with van der Waals surface area (Å²) in [6.45, 7) is 3.21. The quantitative estimate of drug-likeness (QED) is 0.391. The molecular formula is C27H28N4O2S. The molecule has 4 aromatic rings. The van der Waals surface area contributed by atoms with Gasteiger partial charge in [-0.25, -0.2) is 4.98 Å². The van der Waals surface area contributed by atoms with E-state index >= 15 is 0 Å². The molecular weight excluding hydrogens is 444 g/mol. The highest BCUT2D eigenvalue weighted by molar-refractivity contribution is 7.09. The van der Waals surface area contributed by atoms with Crippen molar-refractivity contribution in [2.45, 2.75) is 51.8 Å². The van der Waals surface area contributed by atoms with E-state index in [0.29, 0.717) is 6.61 Å². The Kier molecular flexibility index (Phi) is 6.72. The first kappa shape index (κ1) is 22.3. The monoisotopic (exact) mass is 472 g/mol. The summed E-state index contributed by atoms with van der Waals surface area (Å²) in [6.07, 6.45) is 5.15. The number of benzene rings is 2. The van der Waals surface area contributed by atoms with E-state index in [4.69, 9.17) is 4.74 Å². The second kappa shape index (κ2) is 10.2. The Bertz CT molecular complexity index is 1250. The number of fused-ring (bicyclic) bond motifs is 1. The van der Waals surface area contributed by atoms with Crippen molar-refractivity contribution in [2.75, 3.05) is 0 Å². The van der Waals surface area contributed by atoms with Crippen molar-refractivity contribution in [1.29, 1.82) is 0 Å². The Balaban J connectivity index is 1.17. The molecule has 0 spiro atoms. The molecule has 0 saturated carbocycles. The Labute approximate surface area is 203 Å². The van der Waals surface area contributed by atoms with Gasteiger partial charge in [0.2, 0.25) is 5.91 Å². The van der Waals surface area contributed by atoms with Crippen LogP contribution in [0.4, 0.5) is 0 Å². The summed E-state index contributed by atoms with van der Waals surface area (Å²) in [4.78, 5) is 17.4. The third-order valence-corrected chi connectivity index (χ3v) is 6.97. The third kappa shape index (κ3) is 5.37. The third-order valence-electron chi connectivity index (χ3n) is 6.10. The molecule has 7 heteroatoms. The molecule has 6 nitrogen and oxygen atoms in total. The van der Waals surface area contributed by atoms with Crippen LogP contribution in [0.1, 0.15) is 52.0 Å². The van der Waals surface area contributed by atoms with E-state index in [-0.39, 0.29) is 18.4 Å². The molecule has 0 bridgehead atoms. The van der Waals surface area contributed by atoms with Gasteiger partial charge in [0.25, 0.3) is 0 Å². The predicted octanol–water partition coefficient (Wildman–Crippen LogP) is 5.01. The summed E-state index contributed by atoms with van der Waals surface area (Å²) >= 11 is 1.52. The number of ether oxygens (including phenoxy) is 1. The average Bonchev–Trinajstić information content (AvgIpc) is 3.47. The van der Waals surface area contributed by atoms with Crippen LogP contribution in [0.5, 0.6) is 5.75 Å². The maximum absolute atomic E-state index is 12.8. The standard InChI is InChI=1S/C27H28N4O2S/c1-19-10-12-22(13-11-19)33-17-27-29-21(18-34-27)14-26(32)30-24-8-5-9-25-23(24)15-28-31(25)16-20-6-3-2-4-7-20/h2-4,6-7,10-13,15,18,24H,5,8-9,14,16-17H2,1H3,(H,30,32). The molecule has 0 fully saturated rings. The molecule has 2 aromatic carbocycles. The number of nitrogens with zero attached hydrogens (tertiary/aromatic N) is 3. The highest BCUT2D eigenvalue weighted by atomic mass is 32.1. The zero-order chi connectivity index (χ0) is 23.3. The molecule has 174 valence electrons. The molecule has 1 aliphatic carbocycles. The first-order valence-electron chi connectivity index (χ1n) is 11.6. The first-order valence-corrected chi connectivity index (χ1v) is 12.5. The SMILES string of the molecule is Cc1ccc(OCc2nc(CC(=O)NC3CCCc4c3cnn4Cc3ccccc3)cs2)cc1. The Morgan fingerprint density at radius 2 is 2.00 bits per heavy atom. The molecule has 2 heterocycles. The van der Waals surface area contributed by atoms with Crippen molar-refractivity contribution < 1.29 is 9.53 Å². The number of carbonyl (C=O) groups excluding carboxylic acids is 1. The van der Waals surface area contributed by atoms with Crippen molar-refractivity contribution >= 4 is 17.2 Å². The normalized spacial score (nSPS) is 15.0. The summed E-state index contributed by atoms with van der Waals surface area (Å²) in [6, 6.07) is 18.3. The zero-order valence-electron chi connectivity index (χ0n) is 19.2. The van der Waals surface area contributed by atoms with Gasteiger partial charge in [0.05, 0.1) is 30.9 Å². The number of amides is 1.